The number of aryl methyl sites for hydroxylation is 1. The normalized spacial score (nSPS) is 17.4. The fraction of sp³-hybridized carbons (Fsp3) is 0.769. The Morgan fingerprint density at radius 3 is 1.96 bits per heavy atom. The van der Waals surface area contributed by atoms with E-state index in [1.165, 1.54) is 5.57 Å². The quantitative estimate of drug-likeness (QED) is 0.108. The van der Waals surface area contributed by atoms with Gasteiger partial charge in [-0.2, -0.15) is 0 Å². The first-order valence-corrected chi connectivity index (χ1v) is 24.8. The van der Waals surface area contributed by atoms with Crippen LogP contribution in [0.15, 0.2) is 22.6 Å². The smallest absolute Gasteiger partial charge is 0.305 e. The minimum atomic E-state index is -2.37. The summed E-state index contributed by atoms with van der Waals surface area (Å²) in [6, 6.07) is 0. The number of aromatic nitrogens is 1. The maximum atomic E-state index is 14.5. The monoisotopic (exact) mass is 737 g/mol. The molecule has 0 spiro atoms. The molecule has 0 saturated heterocycles. The number of rotatable bonds is 19. The summed E-state index contributed by atoms with van der Waals surface area (Å²) in [7, 11) is -4.63. The number of allylic oxidation sites excluding steroid dienone is 1. The lowest BCUT2D eigenvalue weighted by Gasteiger charge is -2.46. The fourth-order valence-electron chi connectivity index (χ4n) is 5.50. The van der Waals surface area contributed by atoms with E-state index in [9.17, 15) is 19.8 Å². The highest BCUT2D eigenvalue weighted by Crippen LogP contribution is 2.44. The molecule has 0 fully saturated rings. The van der Waals surface area contributed by atoms with Crippen LogP contribution in [0.4, 0.5) is 0 Å². The minimum absolute atomic E-state index is 0.00526. The predicted molar refractivity (Wildman–Crippen MR) is 212 cm³/mol. The summed E-state index contributed by atoms with van der Waals surface area (Å²) in [4.78, 5) is 31.1. The number of carbonyl (C=O) groups is 2. The lowest BCUT2D eigenvalue weighted by molar-refractivity contribution is -0.146. The van der Waals surface area contributed by atoms with Crippen LogP contribution in [0.1, 0.15) is 126 Å². The summed E-state index contributed by atoms with van der Waals surface area (Å²) in [6.45, 7) is 35.6. The van der Waals surface area contributed by atoms with Crippen molar-refractivity contribution in [1.82, 2.24) is 4.98 Å². The second-order valence-corrected chi connectivity index (χ2v) is 28.6. The maximum Gasteiger partial charge on any atom is 0.305 e. The number of thiazole rings is 1. The Balaban J connectivity index is 3.20. The third-order valence-corrected chi connectivity index (χ3v) is 21.0. The molecule has 0 unspecified atom stereocenters. The zero-order chi connectivity index (χ0) is 38.3. The van der Waals surface area contributed by atoms with Crippen molar-refractivity contribution in [3.8, 4) is 0 Å². The molecule has 49 heavy (non-hydrogen) atoms. The minimum Gasteiger partial charge on any atom is -0.481 e. The van der Waals surface area contributed by atoms with Crippen LogP contribution in [0.3, 0.4) is 0 Å². The average Bonchev–Trinajstić information content (AvgIpc) is 3.35. The molecule has 5 atom stereocenters. The van der Waals surface area contributed by atoms with Crippen molar-refractivity contribution in [3.63, 3.8) is 0 Å². The van der Waals surface area contributed by atoms with Gasteiger partial charge in [-0.1, -0.05) is 80.9 Å². The molecule has 10 heteroatoms. The van der Waals surface area contributed by atoms with E-state index in [0.29, 0.717) is 6.42 Å². The number of aliphatic carboxylic acids is 1. The summed E-state index contributed by atoms with van der Waals surface area (Å²) >= 11 is 1.60. The van der Waals surface area contributed by atoms with Crippen LogP contribution in [0.5, 0.6) is 0 Å². The number of hydrogen-bond acceptors (Lipinski definition) is 7. The van der Waals surface area contributed by atoms with Crippen LogP contribution >= 0.6 is 11.3 Å². The van der Waals surface area contributed by atoms with Gasteiger partial charge in [-0.05, 0) is 100 Å². The predicted octanol–water partition coefficient (Wildman–Crippen LogP) is 10.8. The first-order chi connectivity index (χ1) is 22.0. The second kappa shape index (κ2) is 17.9. The summed E-state index contributed by atoms with van der Waals surface area (Å²) < 4.78 is 13.8. The Labute approximate surface area is 305 Å². The van der Waals surface area contributed by atoms with Gasteiger partial charge in [0.2, 0.25) is 0 Å². The molecule has 0 amide bonds. The first-order valence-electron chi connectivity index (χ1n) is 18.1. The SMILES string of the molecule is CC(=CC[C@H](O)C(C)=Cc1csc(C)n1)CCC[C@H](C)[C@H](O[Si](C)(C)C(C)(C)C)[C@@H](C)C(=O)C(C)(C)[C@H](CC(=O)O)O[Si](C)(C)C(C)(C)C. The van der Waals surface area contributed by atoms with E-state index in [-0.39, 0.29) is 34.3 Å². The molecule has 0 radical (unpaired) electrons. The Hall–Kier alpha value is -1.44. The zero-order valence-electron chi connectivity index (χ0n) is 34.0. The standard InChI is InChI=1S/C39H71NO6SSi2/c1-26(21-22-32(41)28(3)23-31-25-47-30(5)40-31)19-18-20-27(2)35(46-49(16,17)38(9,10)11)29(4)36(44)39(12,13)33(24-34(42)43)45-48(14,15)37(6,7)8/h21,23,25,27,29,32-33,35,41H,18-20,22,24H2,1-17H3,(H,42,43)/t27-,29+,32-,33-,35-/m0/s1. The Bertz CT molecular complexity index is 1300. The van der Waals surface area contributed by atoms with Crippen molar-refractivity contribution in [3.05, 3.63) is 33.3 Å². The molecule has 1 aromatic rings. The van der Waals surface area contributed by atoms with Crippen molar-refractivity contribution in [1.29, 1.82) is 0 Å². The molecule has 0 aliphatic heterocycles. The molecule has 7 nitrogen and oxygen atoms in total. The van der Waals surface area contributed by atoms with Gasteiger partial charge >= 0.3 is 5.97 Å². The van der Waals surface area contributed by atoms with Crippen LogP contribution < -0.4 is 0 Å². The third-order valence-electron chi connectivity index (χ3n) is 11.2. The molecule has 1 rings (SSSR count). The van der Waals surface area contributed by atoms with E-state index < -0.39 is 46.1 Å². The topological polar surface area (TPSA) is 106 Å². The Morgan fingerprint density at radius 1 is 0.959 bits per heavy atom. The zero-order valence-corrected chi connectivity index (χ0v) is 36.9. The van der Waals surface area contributed by atoms with E-state index in [2.05, 4.69) is 92.6 Å². The Kier molecular flexibility index (Phi) is 16.6. The largest absolute Gasteiger partial charge is 0.481 e. The number of Topliss-reactive ketones (excluding diaryl/α,β-unsaturated/α-hetero) is 1. The first kappa shape index (κ1) is 45.6. The molecule has 0 aliphatic carbocycles. The number of aliphatic hydroxyl groups excluding tert-OH is 1. The summed E-state index contributed by atoms with van der Waals surface area (Å²) in [5, 5.41) is 23.5. The van der Waals surface area contributed by atoms with E-state index in [1.54, 1.807) is 11.3 Å². The van der Waals surface area contributed by atoms with Gasteiger partial charge in [-0.25, -0.2) is 4.98 Å². The number of carboxylic acids is 1. The second-order valence-electron chi connectivity index (χ2n) is 18.0. The van der Waals surface area contributed by atoms with Gasteiger partial charge in [-0.15, -0.1) is 11.3 Å². The van der Waals surface area contributed by atoms with Crippen molar-refractivity contribution in [2.45, 2.75) is 177 Å². The van der Waals surface area contributed by atoms with E-state index in [1.807, 2.05) is 46.1 Å². The van der Waals surface area contributed by atoms with E-state index in [0.717, 1.165) is 35.5 Å². The number of carboxylic acid groups (broad SMARTS) is 1. The number of hydrogen-bond donors (Lipinski definition) is 2. The molecular weight excluding hydrogens is 667 g/mol. The molecule has 0 saturated carbocycles. The van der Waals surface area contributed by atoms with Crippen molar-refractivity contribution in [2.75, 3.05) is 0 Å². The van der Waals surface area contributed by atoms with Crippen LogP contribution in [-0.2, 0) is 18.4 Å². The van der Waals surface area contributed by atoms with Gasteiger partial charge in [0.25, 0.3) is 0 Å². The lowest BCUT2D eigenvalue weighted by atomic mass is 9.73. The highest BCUT2D eigenvalue weighted by atomic mass is 32.1. The third kappa shape index (κ3) is 13.6. The number of carbonyl (C=O) groups excluding carboxylic acids is 1. The highest BCUT2D eigenvalue weighted by Gasteiger charge is 2.49. The van der Waals surface area contributed by atoms with Crippen molar-refractivity contribution >= 4 is 45.8 Å². The molecule has 1 heterocycles. The van der Waals surface area contributed by atoms with Crippen LogP contribution in [-0.4, -0.2) is 61.9 Å². The lowest BCUT2D eigenvalue weighted by Crippen LogP contribution is -2.54. The highest BCUT2D eigenvalue weighted by molar-refractivity contribution is 7.09. The van der Waals surface area contributed by atoms with Gasteiger partial charge in [0.15, 0.2) is 16.6 Å². The van der Waals surface area contributed by atoms with Crippen LogP contribution in [0, 0.1) is 24.2 Å². The molecule has 1 aromatic heterocycles. The molecule has 282 valence electrons. The van der Waals surface area contributed by atoms with Gasteiger partial charge in [0.05, 0.1) is 35.4 Å². The van der Waals surface area contributed by atoms with Gasteiger partial charge in [0.1, 0.15) is 5.78 Å². The number of nitrogens with zero attached hydrogens (tertiary/aromatic N) is 1. The number of aliphatic hydroxyl groups is 1. The van der Waals surface area contributed by atoms with Crippen molar-refractivity contribution < 1.29 is 28.7 Å². The van der Waals surface area contributed by atoms with E-state index >= 15 is 0 Å². The summed E-state index contributed by atoms with van der Waals surface area (Å²) in [6.07, 6.45) is 5.52. The fourth-order valence-corrected chi connectivity index (χ4v) is 8.99. The van der Waals surface area contributed by atoms with Gasteiger partial charge in [-0.3, -0.25) is 9.59 Å². The molecule has 2 N–H and O–H groups in total. The molecule has 0 aliphatic rings. The molecule has 0 aromatic carbocycles. The Morgan fingerprint density at radius 2 is 1.49 bits per heavy atom. The molecular formula is C39H71NO6SSi2. The maximum absolute atomic E-state index is 14.5. The molecule has 0 bridgehead atoms. The average molecular weight is 738 g/mol. The van der Waals surface area contributed by atoms with Crippen LogP contribution in [0.2, 0.25) is 36.3 Å². The van der Waals surface area contributed by atoms with Crippen molar-refractivity contribution in [2.24, 2.45) is 17.3 Å². The van der Waals surface area contributed by atoms with Gasteiger partial charge in [0, 0.05) is 16.7 Å². The van der Waals surface area contributed by atoms with Crippen LogP contribution in [0.25, 0.3) is 6.08 Å². The summed E-state index contributed by atoms with van der Waals surface area (Å²) in [5.41, 5.74) is 2.00. The summed E-state index contributed by atoms with van der Waals surface area (Å²) in [5.74, 6) is -1.31. The number of ketones is 1. The van der Waals surface area contributed by atoms with Gasteiger partial charge < -0.3 is 19.1 Å². The van der Waals surface area contributed by atoms with E-state index in [4.69, 9.17) is 8.85 Å².